The summed E-state index contributed by atoms with van der Waals surface area (Å²) >= 11 is 0. The Bertz CT molecular complexity index is 585. The number of ether oxygens (including phenoxy) is 1. The number of pyridine rings is 1. The van der Waals surface area contributed by atoms with Crippen molar-refractivity contribution in [2.75, 3.05) is 24.2 Å². The normalized spacial score (nSPS) is 22.8. The van der Waals surface area contributed by atoms with Crippen molar-refractivity contribution in [3.63, 3.8) is 0 Å². The lowest BCUT2D eigenvalue weighted by Crippen LogP contribution is -2.21. The summed E-state index contributed by atoms with van der Waals surface area (Å²) in [5.74, 6) is 0.559. The Hall–Kier alpha value is -1.81. The average Bonchev–Trinajstić information content (AvgIpc) is 2.84. The number of nitrogens with zero attached hydrogens (tertiary/aromatic N) is 1. The minimum atomic E-state index is 0.329. The molecule has 2 heterocycles. The van der Waals surface area contributed by atoms with Gasteiger partial charge < -0.3 is 15.8 Å². The van der Waals surface area contributed by atoms with Gasteiger partial charge in [0.1, 0.15) is 0 Å². The highest BCUT2D eigenvalue weighted by Crippen LogP contribution is 2.28. The van der Waals surface area contributed by atoms with Gasteiger partial charge in [0, 0.05) is 30.7 Å². The fraction of sp³-hybridized carbons (Fsp3) is 0.400. The summed E-state index contributed by atoms with van der Waals surface area (Å²) in [5, 5.41) is 4.45. The number of hydrogen-bond acceptors (Lipinski definition) is 4. The molecular weight excluding hydrogens is 238 g/mol. The number of benzene rings is 1. The third-order valence-corrected chi connectivity index (χ3v) is 3.91. The van der Waals surface area contributed by atoms with Crippen LogP contribution in [0, 0.1) is 5.92 Å². The first-order chi connectivity index (χ1) is 9.25. The lowest BCUT2D eigenvalue weighted by atomic mass is 10.0. The molecule has 3 rings (SSSR count). The number of nitrogen functional groups attached to an aromatic ring is 1. The molecule has 1 fully saturated rings. The zero-order valence-electron chi connectivity index (χ0n) is 11.1. The fourth-order valence-electron chi connectivity index (χ4n) is 2.61. The van der Waals surface area contributed by atoms with E-state index in [0.29, 0.717) is 12.0 Å². The number of hydrogen-bond donors (Lipinski definition) is 2. The van der Waals surface area contributed by atoms with Gasteiger partial charge in [-0.05, 0) is 37.6 Å². The largest absolute Gasteiger partial charge is 0.397 e. The zero-order chi connectivity index (χ0) is 13.2. The molecule has 0 bridgehead atoms. The Balaban J connectivity index is 1.79. The van der Waals surface area contributed by atoms with Crippen LogP contribution in [0.15, 0.2) is 30.5 Å². The Morgan fingerprint density at radius 3 is 3.11 bits per heavy atom. The third kappa shape index (κ3) is 2.36. The van der Waals surface area contributed by atoms with Crippen LogP contribution in [-0.4, -0.2) is 24.2 Å². The Kier molecular flexibility index (Phi) is 3.25. The van der Waals surface area contributed by atoms with Crippen molar-refractivity contribution in [3.05, 3.63) is 30.5 Å². The van der Waals surface area contributed by atoms with E-state index < -0.39 is 0 Å². The highest BCUT2D eigenvalue weighted by atomic mass is 16.5. The maximum absolute atomic E-state index is 6.20. The van der Waals surface area contributed by atoms with Crippen LogP contribution in [0.1, 0.15) is 13.3 Å². The predicted molar refractivity (Wildman–Crippen MR) is 78.2 cm³/mol. The number of nitrogens with one attached hydrogen (secondary N) is 1. The van der Waals surface area contributed by atoms with Crippen LogP contribution in [-0.2, 0) is 4.74 Å². The quantitative estimate of drug-likeness (QED) is 0.830. The average molecular weight is 257 g/mol. The molecule has 19 heavy (non-hydrogen) atoms. The number of nitrogens with two attached hydrogens (primary N) is 1. The van der Waals surface area contributed by atoms with Crippen molar-refractivity contribution in [3.8, 4) is 0 Å². The van der Waals surface area contributed by atoms with Crippen molar-refractivity contribution in [1.29, 1.82) is 0 Å². The molecule has 4 nitrogen and oxygen atoms in total. The predicted octanol–water partition coefficient (Wildman–Crippen LogP) is 2.65. The molecule has 0 spiro atoms. The summed E-state index contributed by atoms with van der Waals surface area (Å²) in [4.78, 5) is 4.31. The monoisotopic (exact) mass is 257 g/mol. The molecule has 0 aliphatic carbocycles. The highest BCUT2D eigenvalue weighted by molar-refractivity contribution is 5.96. The lowest BCUT2D eigenvalue weighted by Gasteiger charge is -2.17. The molecule has 4 heteroatoms. The van der Waals surface area contributed by atoms with E-state index in [1.807, 2.05) is 24.3 Å². The molecule has 1 aromatic carbocycles. The van der Waals surface area contributed by atoms with Crippen LogP contribution in [0.5, 0.6) is 0 Å². The molecule has 0 radical (unpaired) electrons. The second kappa shape index (κ2) is 5.05. The minimum absolute atomic E-state index is 0.329. The SMILES string of the molecule is CC1OCCC1CNc1ccc2ncccc2c1N. The first-order valence-electron chi connectivity index (χ1n) is 6.74. The standard InChI is InChI=1S/C15H19N3O/c1-10-11(6-8-19-10)9-18-14-5-4-13-12(15(14)16)3-2-7-17-13/h2-5,7,10-11,18H,6,8-9,16H2,1H3. The number of fused-ring (bicyclic) bond motifs is 1. The number of aromatic nitrogens is 1. The molecule has 2 unspecified atom stereocenters. The van der Waals surface area contributed by atoms with Gasteiger partial charge in [-0.15, -0.1) is 0 Å². The molecule has 100 valence electrons. The van der Waals surface area contributed by atoms with Gasteiger partial charge in [-0.2, -0.15) is 0 Å². The van der Waals surface area contributed by atoms with Crippen LogP contribution < -0.4 is 11.1 Å². The van der Waals surface area contributed by atoms with Crippen molar-refractivity contribution < 1.29 is 4.74 Å². The van der Waals surface area contributed by atoms with Gasteiger partial charge in [-0.1, -0.05) is 0 Å². The van der Waals surface area contributed by atoms with Crippen molar-refractivity contribution in [1.82, 2.24) is 4.98 Å². The van der Waals surface area contributed by atoms with Gasteiger partial charge in [0.25, 0.3) is 0 Å². The second-order valence-corrected chi connectivity index (χ2v) is 5.10. The van der Waals surface area contributed by atoms with Crippen LogP contribution in [0.3, 0.4) is 0 Å². The summed E-state index contributed by atoms with van der Waals surface area (Å²) in [6.45, 7) is 3.90. The van der Waals surface area contributed by atoms with Crippen molar-refractivity contribution in [2.24, 2.45) is 5.92 Å². The van der Waals surface area contributed by atoms with Gasteiger partial charge >= 0.3 is 0 Å². The Morgan fingerprint density at radius 2 is 2.32 bits per heavy atom. The molecule has 0 saturated carbocycles. The Morgan fingerprint density at radius 1 is 1.42 bits per heavy atom. The van der Waals surface area contributed by atoms with Gasteiger partial charge in [0.15, 0.2) is 0 Å². The van der Waals surface area contributed by atoms with E-state index >= 15 is 0 Å². The maximum Gasteiger partial charge on any atom is 0.0724 e. The number of anilines is 2. The highest BCUT2D eigenvalue weighted by Gasteiger charge is 2.23. The summed E-state index contributed by atoms with van der Waals surface area (Å²) in [6.07, 6.45) is 3.23. The molecule has 3 N–H and O–H groups in total. The van der Waals surface area contributed by atoms with Crippen molar-refractivity contribution in [2.45, 2.75) is 19.4 Å². The lowest BCUT2D eigenvalue weighted by molar-refractivity contribution is 0.108. The van der Waals surface area contributed by atoms with Gasteiger partial charge in [-0.25, -0.2) is 0 Å². The topological polar surface area (TPSA) is 60.2 Å². The molecular formula is C15H19N3O. The van der Waals surface area contributed by atoms with Crippen LogP contribution in [0.2, 0.25) is 0 Å². The maximum atomic E-state index is 6.20. The molecule has 0 amide bonds. The Labute approximate surface area is 113 Å². The zero-order valence-corrected chi connectivity index (χ0v) is 11.1. The molecule has 2 atom stereocenters. The third-order valence-electron chi connectivity index (χ3n) is 3.91. The summed E-state index contributed by atoms with van der Waals surface area (Å²) in [5.41, 5.74) is 8.90. The fourth-order valence-corrected chi connectivity index (χ4v) is 2.61. The van der Waals surface area contributed by atoms with Gasteiger partial charge in [-0.3, -0.25) is 4.98 Å². The molecule has 1 aliphatic rings. The second-order valence-electron chi connectivity index (χ2n) is 5.10. The summed E-state index contributed by atoms with van der Waals surface area (Å²) in [6, 6.07) is 7.92. The smallest absolute Gasteiger partial charge is 0.0724 e. The van der Waals surface area contributed by atoms with Crippen LogP contribution >= 0.6 is 0 Å². The molecule has 1 aliphatic heterocycles. The van der Waals surface area contributed by atoms with Crippen LogP contribution in [0.4, 0.5) is 11.4 Å². The number of rotatable bonds is 3. The van der Waals surface area contributed by atoms with E-state index in [0.717, 1.165) is 41.9 Å². The van der Waals surface area contributed by atoms with E-state index in [1.54, 1.807) is 6.20 Å². The first-order valence-corrected chi connectivity index (χ1v) is 6.74. The van der Waals surface area contributed by atoms with Crippen LogP contribution in [0.25, 0.3) is 10.9 Å². The molecule has 1 saturated heterocycles. The van der Waals surface area contributed by atoms with E-state index in [1.165, 1.54) is 0 Å². The first kappa shape index (κ1) is 12.2. The van der Waals surface area contributed by atoms with E-state index in [2.05, 4.69) is 17.2 Å². The van der Waals surface area contributed by atoms with E-state index in [-0.39, 0.29) is 0 Å². The molecule has 1 aromatic heterocycles. The van der Waals surface area contributed by atoms with E-state index in [4.69, 9.17) is 10.5 Å². The summed E-state index contributed by atoms with van der Waals surface area (Å²) in [7, 11) is 0. The van der Waals surface area contributed by atoms with Gasteiger partial charge in [0.05, 0.1) is 23.0 Å². The summed E-state index contributed by atoms with van der Waals surface area (Å²) < 4.78 is 5.57. The van der Waals surface area contributed by atoms with Crippen molar-refractivity contribution >= 4 is 22.3 Å². The molecule has 2 aromatic rings. The van der Waals surface area contributed by atoms with Gasteiger partial charge in [0.2, 0.25) is 0 Å². The van der Waals surface area contributed by atoms with E-state index in [9.17, 15) is 0 Å². The minimum Gasteiger partial charge on any atom is -0.397 e.